The summed E-state index contributed by atoms with van der Waals surface area (Å²) in [6, 6.07) is 5.79. The third-order valence-corrected chi connectivity index (χ3v) is 3.50. The van der Waals surface area contributed by atoms with Crippen molar-refractivity contribution < 1.29 is 9.47 Å². The van der Waals surface area contributed by atoms with E-state index in [1.165, 1.54) is 11.3 Å². The van der Waals surface area contributed by atoms with Gasteiger partial charge in [0, 0.05) is 10.9 Å². The van der Waals surface area contributed by atoms with Crippen LogP contribution in [0.25, 0.3) is 10.6 Å². The first-order chi connectivity index (χ1) is 8.71. The summed E-state index contributed by atoms with van der Waals surface area (Å²) in [4.78, 5) is 4.24. The smallest absolute Gasteiger partial charge is 0.152 e. The van der Waals surface area contributed by atoms with E-state index in [9.17, 15) is 0 Å². The summed E-state index contributed by atoms with van der Waals surface area (Å²) >= 11 is 1.42. The molecule has 0 amide bonds. The SMILES string of the molecule is COc1ccc(-c2nc(C#N)cs2)c(OC)c1C. The highest BCUT2D eigenvalue weighted by Gasteiger charge is 2.15. The normalized spacial score (nSPS) is 9.89. The molecule has 0 aliphatic heterocycles. The maximum absolute atomic E-state index is 8.80. The van der Waals surface area contributed by atoms with Crippen LogP contribution in [0.2, 0.25) is 0 Å². The highest BCUT2D eigenvalue weighted by Crippen LogP contribution is 2.38. The van der Waals surface area contributed by atoms with Crippen molar-refractivity contribution in [3.8, 4) is 28.1 Å². The Bertz CT molecular complexity index is 614. The molecule has 0 fully saturated rings. The average molecular weight is 260 g/mol. The van der Waals surface area contributed by atoms with E-state index in [0.29, 0.717) is 5.69 Å². The van der Waals surface area contributed by atoms with Gasteiger partial charge < -0.3 is 9.47 Å². The molecule has 0 spiro atoms. The second-order valence-corrected chi connectivity index (χ2v) is 4.48. The van der Waals surface area contributed by atoms with Gasteiger partial charge >= 0.3 is 0 Å². The van der Waals surface area contributed by atoms with Crippen LogP contribution < -0.4 is 9.47 Å². The number of thiazole rings is 1. The van der Waals surface area contributed by atoms with Gasteiger partial charge in [0.05, 0.1) is 19.8 Å². The van der Waals surface area contributed by atoms with Crippen LogP contribution in [0.5, 0.6) is 11.5 Å². The van der Waals surface area contributed by atoms with Crippen LogP contribution in [0.3, 0.4) is 0 Å². The number of benzene rings is 1. The Labute approximate surface area is 109 Å². The van der Waals surface area contributed by atoms with Gasteiger partial charge in [0.2, 0.25) is 0 Å². The van der Waals surface area contributed by atoms with Crippen molar-refractivity contribution in [3.05, 3.63) is 28.8 Å². The molecule has 0 unspecified atom stereocenters. The first-order valence-corrected chi connectivity index (χ1v) is 6.16. The Morgan fingerprint density at radius 3 is 2.61 bits per heavy atom. The molecule has 0 radical (unpaired) electrons. The molecule has 1 aromatic heterocycles. The quantitative estimate of drug-likeness (QED) is 0.851. The van der Waals surface area contributed by atoms with Crippen LogP contribution in [0.4, 0.5) is 0 Å². The van der Waals surface area contributed by atoms with E-state index in [4.69, 9.17) is 14.7 Å². The average Bonchev–Trinajstić information content (AvgIpc) is 2.87. The van der Waals surface area contributed by atoms with Gasteiger partial charge in [0.15, 0.2) is 5.69 Å². The molecule has 2 aromatic rings. The lowest BCUT2D eigenvalue weighted by Gasteiger charge is -2.12. The van der Waals surface area contributed by atoms with Gasteiger partial charge in [0.25, 0.3) is 0 Å². The summed E-state index contributed by atoms with van der Waals surface area (Å²) < 4.78 is 10.7. The summed E-state index contributed by atoms with van der Waals surface area (Å²) in [5.41, 5.74) is 2.22. The van der Waals surface area contributed by atoms with Gasteiger partial charge in [-0.25, -0.2) is 4.98 Å². The van der Waals surface area contributed by atoms with E-state index in [1.54, 1.807) is 19.6 Å². The minimum Gasteiger partial charge on any atom is -0.496 e. The van der Waals surface area contributed by atoms with Gasteiger partial charge in [-0.1, -0.05) is 0 Å². The van der Waals surface area contributed by atoms with Crippen molar-refractivity contribution >= 4 is 11.3 Å². The molecule has 4 nitrogen and oxygen atoms in total. The van der Waals surface area contributed by atoms with Crippen LogP contribution in [0.15, 0.2) is 17.5 Å². The van der Waals surface area contributed by atoms with Crippen molar-refractivity contribution in [2.24, 2.45) is 0 Å². The molecule has 0 N–H and O–H groups in total. The van der Waals surface area contributed by atoms with Crippen LogP contribution in [-0.4, -0.2) is 19.2 Å². The van der Waals surface area contributed by atoms with Crippen molar-refractivity contribution in [2.75, 3.05) is 14.2 Å². The summed E-state index contributed by atoms with van der Waals surface area (Å²) in [7, 11) is 3.24. The molecule has 0 atom stereocenters. The second kappa shape index (κ2) is 5.07. The number of methoxy groups -OCH3 is 2. The Balaban J connectivity index is 2.58. The topological polar surface area (TPSA) is 55.1 Å². The lowest BCUT2D eigenvalue weighted by atomic mass is 10.1. The summed E-state index contributed by atoms with van der Waals surface area (Å²) in [6.07, 6.45) is 0. The zero-order chi connectivity index (χ0) is 13.1. The van der Waals surface area contributed by atoms with Gasteiger partial charge in [-0.05, 0) is 19.1 Å². The van der Waals surface area contributed by atoms with Gasteiger partial charge in [-0.2, -0.15) is 5.26 Å². The lowest BCUT2D eigenvalue weighted by molar-refractivity contribution is 0.390. The monoisotopic (exact) mass is 260 g/mol. The number of rotatable bonds is 3. The summed E-state index contributed by atoms with van der Waals surface area (Å²) in [5, 5.41) is 11.3. The van der Waals surface area contributed by atoms with Gasteiger partial charge in [0.1, 0.15) is 22.6 Å². The maximum atomic E-state index is 8.80. The first kappa shape index (κ1) is 12.4. The number of aromatic nitrogens is 1. The Morgan fingerprint density at radius 2 is 2.06 bits per heavy atom. The number of ether oxygens (including phenoxy) is 2. The maximum Gasteiger partial charge on any atom is 0.152 e. The highest BCUT2D eigenvalue weighted by molar-refractivity contribution is 7.13. The summed E-state index contributed by atoms with van der Waals surface area (Å²) in [5.74, 6) is 1.50. The fraction of sp³-hybridized carbons (Fsp3) is 0.231. The van der Waals surface area contributed by atoms with Gasteiger partial charge in [-0.15, -0.1) is 11.3 Å². The Hall–Kier alpha value is -2.06. The van der Waals surface area contributed by atoms with E-state index in [1.807, 2.05) is 25.1 Å². The molecule has 0 saturated heterocycles. The van der Waals surface area contributed by atoms with E-state index >= 15 is 0 Å². The minimum absolute atomic E-state index is 0.422. The van der Waals surface area contributed by atoms with Crippen molar-refractivity contribution in [2.45, 2.75) is 6.92 Å². The molecule has 5 heteroatoms. The van der Waals surface area contributed by atoms with E-state index < -0.39 is 0 Å². The largest absolute Gasteiger partial charge is 0.496 e. The van der Waals surface area contributed by atoms with E-state index in [2.05, 4.69) is 4.98 Å². The van der Waals surface area contributed by atoms with Crippen molar-refractivity contribution in [1.29, 1.82) is 5.26 Å². The first-order valence-electron chi connectivity index (χ1n) is 5.28. The molecule has 92 valence electrons. The third kappa shape index (κ3) is 2.03. The number of nitrogens with zero attached hydrogens (tertiary/aromatic N) is 2. The van der Waals surface area contributed by atoms with E-state index in [-0.39, 0.29) is 0 Å². The van der Waals surface area contributed by atoms with Crippen LogP contribution in [0.1, 0.15) is 11.3 Å². The molecule has 0 aliphatic carbocycles. The molecule has 1 heterocycles. The lowest BCUT2D eigenvalue weighted by Crippen LogP contribution is -1.95. The summed E-state index contributed by atoms with van der Waals surface area (Å²) in [6.45, 7) is 1.93. The molecule has 1 aromatic carbocycles. The van der Waals surface area contributed by atoms with Gasteiger partial charge in [-0.3, -0.25) is 0 Å². The van der Waals surface area contributed by atoms with Crippen LogP contribution >= 0.6 is 11.3 Å². The van der Waals surface area contributed by atoms with Crippen LogP contribution in [0, 0.1) is 18.3 Å². The highest BCUT2D eigenvalue weighted by atomic mass is 32.1. The predicted molar refractivity (Wildman–Crippen MR) is 70.1 cm³/mol. The molecular formula is C13H12N2O2S. The van der Waals surface area contributed by atoms with Crippen LogP contribution in [-0.2, 0) is 0 Å². The van der Waals surface area contributed by atoms with E-state index in [0.717, 1.165) is 27.6 Å². The molecular weight excluding hydrogens is 248 g/mol. The molecule has 0 saturated carbocycles. The van der Waals surface area contributed by atoms with Crippen molar-refractivity contribution in [1.82, 2.24) is 4.98 Å². The zero-order valence-electron chi connectivity index (χ0n) is 10.4. The fourth-order valence-electron chi connectivity index (χ4n) is 1.77. The molecule has 0 aliphatic rings. The standard InChI is InChI=1S/C13H12N2O2S/c1-8-11(16-2)5-4-10(12(8)17-3)13-15-9(6-14)7-18-13/h4-5,7H,1-3H3. The number of hydrogen-bond donors (Lipinski definition) is 0. The fourth-order valence-corrected chi connectivity index (χ4v) is 2.54. The molecule has 2 rings (SSSR count). The Kier molecular flexibility index (Phi) is 3.49. The Morgan fingerprint density at radius 1 is 1.28 bits per heavy atom. The second-order valence-electron chi connectivity index (χ2n) is 3.62. The third-order valence-electron chi connectivity index (χ3n) is 2.63. The van der Waals surface area contributed by atoms with Crippen molar-refractivity contribution in [3.63, 3.8) is 0 Å². The predicted octanol–water partition coefficient (Wildman–Crippen LogP) is 3.01. The molecule has 18 heavy (non-hydrogen) atoms. The zero-order valence-corrected chi connectivity index (χ0v) is 11.2. The molecule has 0 bridgehead atoms. The number of hydrogen-bond acceptors (Lipinski definition) is 5. The minimum atomic E-state index is 0.422. The number of nitriles is 1.